The van der Waals surface area contributed by atoms with E-state index < -0.39 is 26.2 Å². The molecule has 0 aromatic heterocycles. The topological polar surface area (TPSA) is 86.3 Å². The summed E-state index contributed by atoms with van der Waals surface area (Å²) in [6.45, 7) is 0. The third kappa shape index (κ3) is 2.59. The summed E-state index contributed by atoms with van der Waals surface area (Å²) in [6.07, 6.45) is 0.306. The zero-order valence-corrected chi connectivity index (χ0v) is 9.36. The van der Waals surface area contributed by atoms with E-state index in [-0.39, 0.29) is 5.88 Å². The Morgan fingerprint density at radius 2 is 1.56 bits per heavy atom. The molecule has 0 bridgehead atoms. The molecule has 0 aliphatic heterocycles. The van der Waals surface area contributed by atoms with Crippen LogP contribution < -0.4 is 0 Å². The summed E-state index contributed by atoms with van der Waals surface area (Å²) < 4.78 is 0. The molecule has 0 N–H and O–H groups in total. The third-order valence-corrected chi connectivity index (χ3v) is 2.45. The van der Waals surface area contributed by atoms with Gasteiger partial charge in [-0.15, -0.1) is 11.6 Å². The maximum Gasteiger partial charge on any atom is 0.295 e. The number of rotatable bonds is 4. The maximum atomic E-state index is 10.6. The Kier molecular flexibility index (Phi) is 4.03. The molecule has 0 unspecified atom stereocenters. The van der Waals surface area contributed by atoms with Crippen LogP contribution in [0.15, 0.2) is 12.1 Å². The van der Waals surface area contributed by atoms with Crippen molar-refractivity contribution in [3.05, 3.63) is 42.9 Å². The van der Waals surface area contributed by atoms with E-state index >= 15 is 0 Å². The summed E-state index contributed by atoms with van der Waals surface area (Å²) in [7, 11) is 0. The molecule has 0 aliphatic rings. The number of nitrogens with zero attached hydrogens (tertiary/aromatic N) is 2. The Bertz CT molecular complexity index is 415. The highest BCUT2D eigenvalue weighted by molar-refractivity contribution is 6.34. The lowest BCUT2D eigenvalue weighted by Gasteiger charge is -2.01. The van der Waals surface area contributed by atoms with Crippen molar-refractivity contribution in [2.45, 2.75) is 6.42 Å². The SMILES string of the molecule is O=[N+]([O-])c1cc(CCCl)cc([N+](=O)[O-])c1Cl. The fourth-order valence-corrected chi connectivity index (χ4v) is 1.64. The zero-order valence-electron chi connectivity index (χ0n) is 7.85. The average Bonchev–Trinajstić information content (AvgIpc) is 2.19. The molecule has 0 spiro atoms. The standard InChI is InChI=1S/C8H6Cl2N2O4/c9-2-1-5-3-6(11(13)14)8(10)7(4-5)12(15)16/h3-4H,1-2H2. The van der Waals surface area contributed by atoms with Crippen molar-refractivity contribution in [1.82, 2.24) is 0 Å². The minimum Gasteiger partial charge on any atom is -0.258 e. The van der Waals surface area contributed by atoms with E-state index in [4.69, 9.17) is 23.2 Å². The Morgan fingerprint density at radius 1 is 1.12 bits per heavy atom. The molecule has 0 saturated heterocycles. The van der Waals surface area contributed by atoms with Gasteiger partial charge in [-0.25, -0.2) is 0 Å². The number of hydrogen-bond donors (Lipinski definition) is 0. The number of nitro benzene ring substituents is 2. The van der Waals surface area contributed by atoms with Crippen LogP contribution in [-0.4, -0.2) is 15.7 Å². The van der Waals surface area contributed by atoms with Crippen molar-refractivity contribution in [2.75, 3.05) is 5.88 Å². The van der Waals surface area contributed by atoms with Crippen molar-refractivity contribution in [2.24, 2.45) is 0 Å². The first kappa shape index (κ1) is 12.7. The molecule has 0 aliphatic carbocycles. The highest BCUT2D eigenvalue weighted by Gasteiger charge is 2.24. The van der Waals surface area contributed by atoms with Crippen LogP contribution >= 0.6 is 23.2 Å². The van der Waals surface area contributed by atoms with Crippen LogP contribution in [0.1, 0.15) is 5.56 Å². The average molecular weight is 265 g/mol. The van der Waals surface area contributed by atoms with E-state index in [1.54, 1.807) is 0 Å². The first-order chi connectivity index (χ1) is 7.47. The summed E-state index contributed by atoms with van der Waals surface area (Å²) in [4.78, 5) is 19.7. The molecule has 1 aromatic carbocycles. The summed E-state index contributed by atoms with van der Waals surface area (Å²) in [5, 5.41) is 20.8. The van der Waals surface area contributed by atoms with Gasteiger partial charge in [-0.3, -0.25) is 20.2 Å². The minimum atomic E-state index is -0.757. The normalized spacial score (nSPS) is 10.1. The van der Waals surface area contributed by atoms with E-state index in [1.807, 2.05) is 0 Å². The molecular formula is C8H6Cl2N2O4. The largest absolute Gasteiger partial charge is 0.295 e. The molecule has 0 fully saturated rings. The van der Waals surface area contributed by atoms with Crippen molar-refractivity contribution in [3.8, 4) is 0 Å². The molecule has 0 radical (unpaired) electrons. The van der Waals surface area contributed by atoms with Crippen LogP contribution in [0.3, 0.4) is 0 Å². The van der Waals surface area contributed by atoms with E-state index in [0.29, 0.717) is 12.0 Å². The van der Waals surface area contributed by atoms with Gasteiger partial charge in [0.1, 0.15) is 0 Å². The monoisotopic (exact) mass is 264 g/mol. The van der Waals surface area contributed by atoms with Gasteiger partial charge < -0.3 is 0 Å². The molecule has 0 heterocycles. The lowest BCUT2D eigenvalue weighted by molar-refractivity contribution is -0.394. The van der Waals surface area contributed by atoms with Crippen LogP contribution in [0.4, 0.5) is 11.4 Å². The molecular weight excluding hydrogens is 259 g/mol. The molecule has 0 amide bonds. The Morgan fingerprint density at radius 3 is 1.88 bits per heavy atom. The molecule has 6 nitrogen and oxygen atoms in total. The lowest BCUT2D eigenvalue weighted by Crippen LogP contribution is -1.98. The van der Waals surface area contributed by atoms with Gasteiger partial charge in [0.25, 0.3) is 11.4 Å². The number of benzene rings is 1. The van der Waals surface area contributed by atoms with Crippen molar-refractivity contribution in [1.29, 1.82) is 0 Å². The number of hydrogen-bond acceptors (Lipinski definition) is 4. The fraction of sp³-hybridized carbons (Fsp3) is 0.250. The lowest BCUT2D eigenvalue weighted by atomic mass is 10.1. The van der Waals surface area contributed by atoms with Gasteiger partial charge in [0.15, 0.2) is 5.02 Å². The second-order valence-corrected chi connectivity index (χ2v) is 3.66. The van der Waals surface area contributed by atoms with Crippen molar-refractivity contribution >= 4 is 34.6 Å². The maximum absolute atomic E-state index is 10.6. The van der Waals surface area contributed by atoms with Gasteiger partial charge in [0.2, 0.25) is 0 Å². The smallest absolute Gasteiger partial charge is 0.258 e. The first-order valence-electron chi connectivity index (χ1n) is 4.14. The van der Waals surface area contributed by atoms with E-state index in [9.17, 15) is 20.2 Å². The molecule has 86 valence electrons. The zero-order chi connectivity index (χ0) is 12.3. The van der Waals surface area contributed by atoms with Crippen LogP contribution in [-0.2, 0) is 6.42 Å². The summed E-state index contributed by atoms with van der Waals surface area (Å²) in [5.41, 5.74) is -0.537. The molecule has 1 aromatic rings. The van der Waals surface area contributed by atoms with E-state index in [0.717, 1.165) is 0 Å². The highest BCUT2D eigenvalue weighted by Crippen LogP contribution is 2.34. The molecule has 0 atom stereocenters. The summed E-state index contributed by atoms with van der Waals surface area (Å²) in [6, 6.07) is 2.38. The highest BCUT2D eigenvalue weighted by atomic mass is 35.5. The predicted octanol–water partition coefficient (Wildman–Crippen LogP) is 2.94. The Labute approximate surface area is 100 Å². The van der Waals surface area contributed by atoms with Crippen LogP contribution in [0.25, 0.3) is 0 Å². The van der Waals surface area contributed by atoms with E-state index in [2.05, 4.69) is 0 Å². The molecule has 0 saturated carbocycles. The van der Waals surface area contributed by atoms with Gasteiger partial charge >= 0.3 is 0 Å². The van der Waals surface area contributed by atoms with Crippen LogP contribution in [0, 0.1) is 20.2 Å². The number of halogens is 2. The first-order valence-corrected chi connectivity index (χ1v) is 5.05. The summed E-state index contributed by atoms with van der Waals surface area (Å²) in [5.74, 6) is 0.218. The van der Waals surface area contributed by atoms with Crippen LogP contribution in [0.2, 0.25) is 5.02 Å². The van der Waals surface area contributed by atoms with E-state index in [1.165, 1.54) is 12.1 Å². The van der Waals surface area contributed by atoms with Gasteiger partial charge in [-0.1, -0.05) is 11.6 Å². The molecule has 8 heteroatoms. The van der Waals surface area contributed by atoms with Gasteiger partial charge in [-0.2, -0.15) is 0 Å². The quantitative estimate of drug-likeness (QED) is 0.475. The predicted molar refractivity (Wildman–Crippen MR) is 59.2 cm³/mol. The molecule has 1 rings (SSSR count). The van der Waals surface area contributed by atoms with Crippen molar-refractivity contribution in [3.63, 3.8) is 0 Å². The second kappa shape index (κ2) is 5.09. The third-order valence-electron chi connectivity index (χ3n) is 1.87. The number of nitro groups is 2. The van der Waals surface area contributed by atoms with Gasteiger partial charge in [0.05, 0.1) is 9.85 Å². The summed E-state index contributed by atoms with van der Waals surface area (Å²) >= 11 is 11.0. The number of aryl methyl sites for hydroxylation is 1. The Hall–Kier alpha value is -1.40. The minimum absolute atomic E-state index is 0.218. The fourth-order valence-electron chi connectivity index (χ4n) is 1.17. The van der Waals surface area contributed by atoms with Gasteiger partial charge in [0, 0.05) is 18.0 Å². The number of alkyl halides is 1. The van der Waals surface area contributed by atoms with Crippen LogP contribution in [0.5, 0.6) is 0 Å². The second-order valence-electron chi connectivity index (χ2n) is 2.90. The molecule has 16 heavy (non-hydrogen) atoms. The van der Waals surface area contributed by atoms with Gasteiger partial charge in [-0.05, 0) is 12.0 Å². The Balaban J connectivity index is 3.38. The van der Waals surface area contributed by atoms with Crippen molar-refractivity contribution < 1.29 is 9.85 Å².